The molecule has 3 aromatic rings. The normalized spacial score (nSPS) is 14.0. The van der Waals surface area contributed by atoms with Gasteiger partial charge < -0.3 is 33.3 Å². The van der Waals surface area contributed by atoms with Crippen LogP contribution in [0.15, 0.2) is 91.0 Å². The minimum atomic E-state index is -1.14. The van der Waals surface area contributed by atoms with Gasteiger partial charge in [0.2, 0.25) is 6.10 Å². The van der Waals surface area contributed by atoms with Crippen molar-refractivity contribution >= 4 is 24.0 Å². The maximum Gasteiger partial charge on any atom is 0.410 e. The first-order chi connectivity index (χ1) is 25.0. The number of likely N-dealkylation sites (N-methyl/N-ethyl adjacent to an activating group) is 1. The second kappa shape index (κ2) is 22.3. The summed E-state index contributed by atoms with van der Waals surface area (Å²) >= 11 is 0. The number of esters is 3. The lowest BCUT2D eigenvalue weighted by atomic mass is 9.97. The first kappa shape index (κ1) is 41.7. The van der Waals surface area contributed by atoms with E-state index < -0.39 is 54.3 Å². The highest BCUT2D eigenvalue weighted by Gasteiger charge is 2.37. The Bertz CT molecular complexity index is 1500. The zero-order valence-corrected chi connectivity index (χ0v) is 31.1. The standard InChI is InChI=1S/C41H53NO10/c1-7-17-35(30(4)39(44)52-38(29(2)3)40(45)48-26-32-20-13-9-14-21-32)51-37(43)25-36(50-28-47-6)34(24-31-18-11-8-12-19-31)42(5)41(46)49-27-33-22-15-10-16-23-33/h8-16,18-23,29-30,34-36,38H,7,17,24-28H2,1-6H3/t30-,34-,35+,36+,38-/m0/s1. The van der Waals surface area contributed by atoms with Crippen LogP contribution in [0.5, 0.6) is 0 Å². The van der Waals surface area contributed by atoms with Crippen molar-refractivity contribution in [3.05, 3.63) is 108 Å². The maximum atomic E-state index is 13.6. The third-order valence-corrected chi connectivity index (χ3v) is 8.57. The number of benzene rings is 3. The van der Waals surface area contributed by atoms with Crippen LogP contribution < -0.4 is 0 Å². The number of rotatable bonds is 21. The van der Waals surface area contributed by atoms with Gasteiger partial charge in [-0.3, -0.25) is 9.59 Å². The molecule has 0 saturated heterocycles. The van der Waals surface area contributed by atoms with Crippen molar-refractivity contribution in [1.29, 1.82) is 0 Å². The van der Waals surface area contributed by atoms with Crippen molar-refractivity contribution in [3.8, 4) is 0 Å². The summed E-state index contributed by atoms with van der Waals surface area (Å²) in [4.78, 5) is 54.8. The van der Waals surface area contributed by atoms with E-state index in [-0.39, 0.29) is 32.3 Å². The van der Waals surface area contributed by atoms with Gasteiger partial charge >= 0.3 is 24.0 Å². The molecule has 11 heteroatoms. The number of hydrogen-bond donors (Lipinski definition) is 0. The smallest absolute Gasteiger partial charge is 0.410 e. The SMILES string of the molecule is CCC[C@@H](OC(=O)C[C@@H](OCOC)[C@H](Cc1ccccc1)N(C)C(=O)OCc1ccccc1)[C@H](C)C(=O)O[C@H](C(=O)OCc1ccccc1)C(C)C. The van der Waals surface area contributed by atoms with E-state index in [1.807, 2.05) is 97.9 Å². The average molecular weight is 720 g/mol. The van der Waals surface area contributed by atoms with Gasteiger partial charge in [-0.15, -0.1) is 0 Å². The molecule has 0 aliphatic heterocycles. The highest BCUT2D eigenvalue weighted by Crippen LogP contribution is 2.23. The molecule has 0 bridgehead atoms. The van der Waals surface area contributed by atoms with Gasteiger partial charge in [0.05, 0.1) is 24.5 Å². The van der Waals surface area contributed by atoms with Gasteiger partial charge in [0, 0.05) is 20.1 Å². The Balaban J connectivity index is 1.73. The summed E-state index contributed by atoms with van der Waals surface area (Å²) < 4.78 is 33.9. The van der Waals surface area contributed by atoms with E-state index in [4.69, 9.17) is 28.4 Å². The fraction of sp³-hybridized carbons (Fsp3) is 0.463. The summed E-state index contributed by atoms with van der Waals surface area (Å²) in [6, 6.07) is 27.4. The quantitative estimate of drug-likeness (QED) is 0.0652. The fourth-order valence-corrected chi connectivity index (χ4v) is 5.52. The van der Waals surface area contributed by atoms with E-state index in [9.17, 15) is 19.2 Å². The molecule has 0 saturated carbocycles. The summed E-state index contributed by atoms with van der Waals surface area (Å²) in [5.41, 5.74) is 2.55. The van der Waals surface area contributed by atoms with Gasteiger partial charge in [-0.25, -0.2) is 9.59 Å². The molecule has 52 heavy (non-hydrogen) atoms. The van der Waals surface area contributed by atoms with E-state index in [2.05, 4.69) is 0 Å². The van der Waals surface area contributed by atoms with Crippen molar-refractivity contribution in [2.24, 2.45) is 11.8 Å². The molecule has 3 aromatic carbocycles. The molecule has 0 aliphatic carbocycles. The zero-order valence-electron chi connectivity index (χ0n) is 31.1. The Labute approximate surface area is 307 Å². The predicted octanol–water partition coefficient (Wildman–Crippen LogP) is 6.90. The first-order valence-electron chi connectivity index (χ1n) is 17.7. The minimum Gasteiger partial charge on any atom is -0.461 e. The molecule has 282 valence electrons. The summed E-state index contributed by atoms with van der Waals surface area (Å²) in [6.07, 6.45) is -2.37. The Morgan fingerprint density at radius 2 is 1.23 bits per heavy atom. The molecule has 0 fully saturated rings. The number of nitrogens with zero attached hydrogens (tertiary/aromatic N) is 1. The maximum absolute atomic E-state index is 13.6. The Morgan fingerprint density at radius 1 is 0.692 bits per heavy atom. The second-order valence-electron chi connectivity index (χ2n) is 13.0. The van der Waals surface area contributed by atoms with Crippen molar-refractivity contribution in [1.82, 2.24) is 4.90 Å². The Kier molecular flexibility index (Phi) is 17.8. The second-order valence-corrected chi connectivity index (χ2v) is 13.0. The molecule has 0 aromatic heterocycles. The number of carbonyl (C=O) groups is 4. The van der Waals surface area contributed by atoms with E-state index in [1.165, 1.54) is 12.0 Å². The van der Waals surface area contributed by atoms with E-state index >= 15 is 0 Å². The number of methoxy groups -OCH3 is 1. The molecule has 0 aliphatic rings. The van der Waals surface area contributed by atoms with Crippen LogP contribution in [0.2, 0.25) is 0 Å². The third-order valence-electron chi connectivity index (χ3n) is 8.57. The summed E-state index contributed by atoms with van der Waals surface area (Å²) in [5.74, 6) is -3.22. The molecule has 5 atom stereocenters. The van der Waals surface area contributed by atoms with Crippen LogP contribution in [0.3, 0.4) is 0 Å². The molecule has 3 rings (SSSR count). The summed E-state index contributed by atoms with van der Waals surface area (Å²) in [6.45, 7) is 7.01. The molecule has 1 amide bonds. The van der Waals surface area contributed by atoms with Crippen molar-refractivity contribution in [2.45, 2.75) is 90.9 Å². The van der Waals surface area contributed by atoms with Gasteiger partial charge in [0.25, 0.3) is 0 Å². The van der Waals surface area contributed by atoms with E-state index in [0.29, 0.717) is 19.3 Å². The summed E-state index contributed by atoms with van der Waals surface area (Å²) in [7, 11) is 3.06. The van der Waals surface area contributed by atoms with Crippen LogP contribution >= 0.6 is 0 Å². The van der Waals surface area contributed by atoms with Crippen LogP contribution in [0.4, 0.5) is 4.79 Å². The number of carbonyl (C=O) groups excluding carboxylic acids is 4. The van der Waals surface area contributed by atoms with Gasteiger partial charge in [-0.2, -0.15) is 0 Å². The van der Waals surface area contributed by atoms with Gasteiger partial charge in [0.1, 0.15) is 26.1 Å². The van der Waals surface area contributed by atoms with Gasteiger partial charge in [0.15, 0.2) is 0 Å². The van der Waals surface area contributed by atoms with Gasteiger partial charge in [-0.05, 0) is 36.5 Å². The lowest BCUT2D eigenvalue weighted by Gasteiger charge is -2.34. The van der Waals surface area contributed by atoms with Crippen LogP contribution in [0.25, 0.3) is 0 Å². The lowest BCUT2D eigenvalue weighted by Crippen LogP contribution is -2.48. The Morgan fingerprint density at radius 3 is 1.75 bits per heavy atom. The van der Waals surface area contributed by atoms with Gasteiger partial charge in [-0.1, -0.05) is 118 Å². The molecule has 0 radical (unpaired) electrons. The van der Waals surface area contributed by atoms with Crippen molar-refractivity contribution < 1.29 is 47.6 Å². The molecule has 0 spiro atoms. The molecule has 0 unspecified atom stereocenters. The Hall–Kier alpha value is -4.74. The number of amides is 1. The molecular weight excluding hydrogens is 666 g/mol. The molecular formula is C41H53NO10. The van der Waals surface area contributed by atoms with E-state index in [1.54, 1.807) is 27.8 Å². The van der Waals surface area contributed by atoms with Crippen molar-refractivity contribution in [2.75, 3.05) is 21.0 Å². The average Bonchev–Trinajstić information content (AvgIpc) is 3.16. The van der Waals surface area contributed by atoms with Crippen LogP contribution in [-0.2, 0) is 62.4 Å². The fourth-order valence-electron chi connectivity index (χ4n) is 5.52. The van der Waals surface area contributed by atoms with Crippen LogP contribution in [0.1, 0.15) is 63.6 Å². The van der Waals surface area contributed by atoms with Crippen molar-refractivity contribution in [3.63, 3.8) is 0 Å². The summed E-state index contributed by atoms with van der Waals surface area (Å²) in [5, 5.41) is 0. The molecule has 0 heterocycles. The largest absolute Gasteiger partial charge is 0.461 e. The number of hydrogen-bond acceptors (Lipinski definition) is 10. The van der Waals surface area contributed by atoms with Crippen LogP contribution in [0, 0.1) is 11.8 Å². The van der Waals surface area contributed by atoms with E-state index in [0.717, 1.165) is 16.7 Å². The minimum absolute atomic E-state index is 0.0452. The monoisotopic (exact) mass is 719 g/mol. The lowest BCUT2D eigenvalue weighted by molar-refractivity contribution is -0.179. The predicted molar refractivity (Wildman–Crippen MR) is 195 cm³/mol. The third kappa shape index (κ3) is 13.8. The zero-order chi connectivity index (χ0) is 37.9. The van der Waals surface area contributed by atoms with Crippen LogP contribution in [-0.4, -0.2) is 74.2 Å². The molecule has 11 nitrogen and oxygen atoms in total. The highest BCUT2D eigenvalue weighted by atomic mass is 16.7. The highest BCUT2D eigenvalue weighted by molar-refractivity contribution is 5.81. The molecule has 0 N–H and O–H groups in total. The number of ether oxygens (including phenoxy) is 6. The topological polar surface area (TPSA) is 127 Å². The first-order valence-corrected chi connectivity index (χ1v) is 17.7.